The van der Waals surface area contributed by atoms with Crippen LogP contribution in [0.1, 0.15) is 43.6 Å². The van der Waals surface area contributed by atoms with E-state index in [2.05, 4.69) is 16.3 Å². The summed E-state index contributed by atoms with van der Waals surface area (Å²) >= 11 is 0. The highest BCUT2D eigenvalue weighted by atomic mass is 19.1. The van der Waals surface area contributed by atoms with Crippen molar-refractivity contribution in [2.24, 2.45) is 5.41 Å². The number of nitrogens with one attached hydrogen (secondary N) is 1. The van der Waals surface area contributed by atoms with E-state index < -0.39 is 0 Å². The maximum Gasteiger partial charge on any atom is 0.165 e. The zero-order valence-corrected chi connectivity index (χ0v) is 15.4. The molecule has 5 rings (SSSR count). The summed E-state index contributed by atoms with van der Waals surface area (Å²) in [6.07, 6.45) is 6.31. The van der Waals surface area contributed by atoms with E-state index in [1.165, 1.54) is 38.4 Å². The van der Waals surface area contributed by atoms with Gasteiger partial charge in [-0.25, -0.2) is 4.39 Å². The average molecular weight is 360 g/mol. The second-order valence-corrected chi connectivity index (χ2v) is 8.75. The number of benzene rings is 1. The van der Waals surface area contributed by atoms with Gasteiger partial charge in [0.05, 0.1) is 13.2 Å². The van der Waals surface area contributed by atoms with Gasteiger partial charge in [-0.05, 0) is 62.6 Å². The molecule has 1 aromatic carbocycles. The molecule has 142 valence electrons. The highest BCUT2D eigenvalue weighted by Gasteiger charge is 2.45. The van der Waals surface area contributed by atoms with Gasteiger partial charge in [-0.2, -0.15) is 0 Å². The molecular formula is C21H29FN2O2. The minimum absolute atomic E-state index is 0.0107. The van der Waals surface area contributed by atoms with Gasteiger partial charge in [-0.15, -0.1) is 0 Å². The Morgan fingerprint density at radius 2 is 1.96 bits per heavy atom. The lowest BCUT2D eigenvalue weighted by Crippen LogP contribution is -2.52. The number of nitrogens with zero attached hydrogens (tertiary/aromatic N) is 1. The summed E-state index contributed by atoms with van der Waals surface area (Å²) in [7, 11) is 0. The summed E-state index contributed by atoms with van der Waals surface area (Å²) in [5.41, 5.74) is 1.67. The summed E-state index contributed by atoms with van der Waals surface area (Å²) in [6.45, 7) is 5.83. The van der Waals surface area contributed by atoms with Crippen molar-refractivity contribution >= 4 is 0 Å². The van der Waals surface area contributed by atoms with Gasteiger partial charge in [0.1, 0.15) is 6.10 Å². The van der Waals surface area contributed by atoms with Crippen LogP contribution in [0, 0.1) is 11.2 Å². The van der Waals surface area contributed by atoms with Gasteiger partial charge >= 0.3 is 0 Å². The first-order chi connectivity index (χ1) is 12.7. The van der Waals surface area contributed by atoms with Crippen molar-refractivity contribution in [3.8, 4) is 5.75 Å². The molecule has 5 heteroatoms. The summed E-state index contributed by atoms with van der Waals surface area (Å²) in [6, 6.07) is 6.15. The third-order valence-corrected chi connectivity index (χ3v) is 7.05. The lowest BCUT2D eigenvalue weighted by atomic mass is 9.80. The molecule has 1 N–H and O–H groups in total. The van der Waals surface area contributed by atoms with E-state index >= 15 is 0 Å². The average Bonchev–Trinajstić information content (AvgIpc) is 3.05. The smallest absolute Gasteiger partial charge is 0.165 e. The molecule has 3 aliphatic heterocycles. The van der Waals surface area contributed by atoms with Crippen LogP contribution in [0.15, 0.2) is 18.2 Å². The first-order valence-corrected chi connectivity index (χ1v) is 10.2. The molecule has 3 heterocycles. The Balaban J connectivity index is 1.23. The van der Waals surface area contributed by atoms with Gasteiger partial charge < -0.3 is 19.7 Å². The molecule has 26 heavy (non-hydrogen) atoms. The lowest BCUT2D eigenvalue weighted by Gasteiger charge is -2.41. The molecule has 0 aromatic heterocycles. The van der Waals surface area contributed by atoms with Gasteiger partial charge in [-0.3, -0.25) is 0 Å². The van der Waals surface area contributed by atoms with E-state index in [9.17, 15) is 4.39 Å². The fraction of sp³-hybridized carbons (Fsp3) is 0.714. The Morgan fingerprint density at radius 3 is 2.58 bits per heavy atom. The number of piperidine rings is 1. The maximum atomic E-state index is 14.4. The van der Waals surface area contributed by atoms with Crippen molar-refractivity contribution in [3.05, 3.63) is 29.6 Å². The van der Waals surface area contributed by atoms with Crippen LogP contribution in [0.5, 0.6) is 5.75 Å². The van der Waals surface area contributed by atoms with Crippen molar-refractivity contribution in [2.45, 2.75) is 50.2 Å². The summed E-state index contributed by atoms with van der Waals surface area (Å²) in [4.78, 5) is 2.70. The van der Waals surface area contributed by atoms with Crippen LogP contribution in [-0.2, 0) is 4.74 Å². The molecule has 4 aliphatic rings. The number of rotatable bonds is 4. The van der Waals surface area contributed by atoms with Crippen molar-refractivity contribution in [1.82, 2.24) is 10.2 Å². The summed E-state index contributed by atoms with van der Waals surface area (Å²) in [5, 5.41) is 3.46. The Labute approximate surface area is 155 Å². The van der Waals surface area contributed by atoms with Gasteiger partial charge in [0.25, 0.3) is 0 Å². The number of para-hydroxylation sites is 1. The second-order valence-electron chi connectivity index (χ2n) is 8.75. The van der Waals surface area contributed by atoms with Crippen molar-refractivity contribution in [3.63, 3.8) is 0 Å². The van der Waals surface area contributed by atoms with Crippen LogP contribution in [0.3, 0.4) is 0 Å². The fourth-order valence-corrected chi connectivity index (χ4v) is 5.28. The Hall–Kier alpha value is -1.17. The molecule has 1 aromatic rings. The van der Waals surface area contributed by atoms with Gasteiger partial charge in [-0.1, -0.05) is 12.1 Å². The number of halogens is 1. The standard InChI is InChI=1S/C21H29FN2O2/c22-19-3-1-2-18(20(19)26-17-11-25-12-17)15-5-8-24(9-6-15)16-4-7-21(10-16)13-23-14-21/h1-3,15-17,23H,4-14H2/t16-/m1/s1. The molecule has 0 unspecified atom stereocenters. The maximum absolute atomic E-state index is 14.4. The van der Waals surface area contributed by atoms with Gasteiger partial charge in [0, 0.05) is 24.7 Å². The van der Waals surface area contributed by atoms with Gasteiger partial charge in [0.2, 0.25) is 0 Å². The molecule has 0 bridgehead atoms. The molecule has 0 radical (unpaired) electrons. The van der Waals surface area contributed by atoms with Crippen LogP contribution >= 0.6 is 0 Å². The lowest BCUT2D eigenvalue weighted by molar-refractivity contribution is -0.0814. The first-order valence-electron chi connectivity index (χ1n) is 10.2. The first kappa shape index (κ1) is 17.0. The van der Waals surface area contributed by atoms with Crippen molar-refractivity contribution in [2.75, 3.05) is 39.4 Å². The van der Waals surface area contributed by atoms with E-state index in [-0.39, 0.29) is 11.9 Å². The highest BCUT2D eigenvalue weighted by molar-refractivity contribution is 5.38. The van der Waals surface area contributed by atoms with E-state index in [0.29, 0.717) is 30.3 Å². The topological polar surface area (TPSA) is 33.7 Å². The third kappa shape index (κ3) is 3.04. The van der Waals surface area contributed by atoms with E-state index in [0.717, 1.165) is 37.5 Å². The van der Waals surface area contributed by atoms with E-state index in [1.54, 1.807) is 0 Å². The number of hydrogen-bond donors (Lipinski definition) is 1. The molecular weight excluding hydrogens is 331 g/mol. The van der Waals surface area contributed by atoms with Crippen LogP contribution in [0.25, 0.3) is 0 Å². The minimum atomic E-state index is -0.230. The van der Waals surface area contributed by atoms with Crippen LogP contribution in [0.2, 0.25) is 0 Å². The quantitative estimate of drug-likeness (QED) is 0.895. The predicted octanol–water partition coefficient (Wildman–Crippen LogP) is 2.92. The predicted molar refractivity (Wildman–Crippen MR) is 98.1 cm³/mol. The molecule has 4 nitrogen and oxygen atoms in total. The molecule has 4 fully saturated rings. The minimum Gasteiger partial charge on any atom is -0.482 e. The zero-order chi connectivity index (χ0) is 17.6. The summed E-state index contributed by atoms with van der Waals surface area (Å²) < 4.78 is 25.5. The van der Waals surface area contributed by atoms with Crippen LogP contribution < -0.4 is 10.1 Å². The number of hydrogen-bond acceptors (Lipinski definition) is 4. The Morgan fingerprint density at radius 1 is 1.15 bits per heavy atom. The van der Waals surface area contributed by atoms with E-state index in [4.69, 9.17) is 9.47 Å². The van der Waals surface area contributed by atoms with E-state index in [1.807, 2.05) is 6.07 Å². The Kier molecular flexibility index (Phi) is 4.42. The molecule has 1 spiro atoms. The van der Waals surface area contributed by atoms with Crippen LogP contribution in [0.4, 0.5) is 4.39 Å². The van der Waals surface area contributed by atoms with Gasteiger partial charge in [0.15, 0.2) is 11.6 Å². The molecule has 1 saturated carbocycles. The zero-order valence-electron chi connectivity index (χ0n) is 15.4. The molecule has 1 aliphatic carbocycles. The number of likely N-dealkylation sites (tertiary alicyclic amines) is 1. The molecule has 0 amide bonds. The molecule has 3 saturated heterocycles. The SMILES string of the molecule is Fc1cccc(C2CCN([C@@H]3CCC4(CNC4)C3)CC2)c1OC1COC1. The Bertz CT molecular complexity index is 651. The van der Waals surface area contributed by atoms with Crippen LogP contribution in [-0.4, -0.2) is 56.4 Å². The third-order valence-electron chi connectivity index (χ3n) is 7.05. The largest absolute Gasteiger partial charge is 0.482 e. The second kappa shape index (κ2) is 6.77. The number of ether oxygens (including phenoxy) is 2. The normalized spacial score (nSPS) is 29.5. The highest BCUT2D eigenvalue weighted by Crippen LogP contribution is 2.45. The van der Waals surface area contributed by atoms with Crippen molar-refractivity contribution < 1.29 is 13.9 Å². The monoisotopic (exact) mass is 360 g/mol. The summed E-state index contributed by atoms with van der Waals surface area (Å²) in [5.74, 6) is 0.644. The van der Waals surface area contributed by atoms with Crippen molar-refractivity contribution in [1.29, 1.82) is 0 Å². The fourth-order valence-electron chi connectivity index (χ4n) is 5.28. The molecule has 1 atom stereocenters.